The molecule has 3 heteroatoms. The van der Waals surface area contributed by atoms with Crippen molar-refractivity contribution in [1.82, 2.24) is 0 Å². The van der Waals surface area contributed by atoms with E-state index in [1.165, 1.54) is 6.07 Å². The second kappa shape index (κ2) is 6.72. The molecule has 0 fully saturated rings. The summed E-state index contributed by atoms with van der Waals surface area (Å²) in [5.74, 6) is 0.557. The van der Waals surface area contributed by atoms with Crippen LogP contribution in [0.5, 0.6) is 5.75 Å². The van der Waals surface area contributed by atoms with Crippen LogP contribution in [0, 0.1) is 5.82 Å². The van der Waals surface area contributed by atoms with E-state index in [9.17, 15) is 4.39 Å². The highest BCUT2D eigenvalue weighted by molar-refractivity contribution is 5.40. The lowest BCUT2D eigenvalue weighted by molar-refractivity contribution is 0.305. The van der Waals surface area contributed by atoms with Gasteiger partial charge in [-0.3, -0.25) is 0 Å². The van der Waals surface area contributed by atoms with E-state index >= 15 is 0 Å². The Balaban J connectivity index is 2.29. The van der Waals surface area contributed by atoms with Crippen LogP contribution in [-0.4, -0.2) is 6.61 Å². The zero-order valence-corrected chi connectivity index (χ0v) is 12.6. The molecule has 0 spiro atoms. The van der Waals surface area contributed by atoms with E-state index in [0.29, 0.717) is 18.6 Å². The Morgan fingerprint density at radius 1 is 1.10 bits per heavy atom. The molecular formula is C18H22FNO. The lowest BCUT2D eigenvalue weighted by Crippen LogP contribution is -2.36. The molecular weight excluding hydrogens is 265 g/mol. The topological polar surface area (TPSA) is 35.2 Å². The van der Waals surface area contributed by atoms with Crippen LogP contribution in [0.3, 0.4) is 0 Å². The maximum Gasteiger partial charge on any atom is 0.126 e. The van der Waals surface area contributed by atoms with Crippen LogP contribution in [0.4, 0.5) is 4.39 Å². The van der Waals surface area contributed by atoms with Crippen LogP contribution >= 0.6 is 0 Å². The first-order valence-electron chi connectivity index (χ1n) is 7.29. The highest BCUT2D eigenvalue weighted by Gasteiger charge is 2.26. The molecule has 0 aliphatic heterocycles. The zero-order chi connectivity index (χ0) is 15.3. The van der Waals surface area contributed by atoms with Crippen molar-refractivity contribution >= 4 is 0 Å². The molecule has 2 rings (SSSR count). The predicted molar refractivity (Wildman–Crippen MR) is 83.9 cm³/mol. The van der Waals surface area contributed by atoms with Crippen molar-refractivity contribution in [2.45, 2.75) is 32.2 Å². The maximum absolute atomic E-state index is 13.9. The Morgan fingerprint density at radius 3 is 2.48 bits per heavy atom. The third-order valence-corrected chi connectivity index (χ3v) is 3.48. The van der Waals surface area contributed by atoms with Gasteiger partial charge in [0.25, 0.3) is 0 Å². The van der Waals surface area contributed by atoms with Crippen LogP contribution in [-0.2, 0) is 12.0 Å². The Kier molecular flexibility index (Phi) is 4.97. The van der Waals surface area contributed by atoms with Crippen LogP contribution in [0.15, 0.2) is 48.5 Å². The summed E-state index contributed by atoms with van der Waals surface area (Å²) in [5, 5.41) is 0. The van der Waals surface area contributed by atoms with Crippen molar-refractivity contribution in [3.8, 4) is 5.75 Å². The molecule has 1 atom stereocenters. The third kappa shape index (κ3) is 3.82. The van der Waals surface area contributed by atoms with Gasteiger partial charge in [-0.2, -0.15) is 0 Å². The first kappa shape index (κ1) is 15.5. The van der Waals surface area contributed by atoms with Crippen LogP contribution < -0.4 is 10.5 Å². The molecule has 0 bridgehead atoms. The molecule has 0 aromatic heterocycles. The van der Waals surface area contributed by atoms with Gasteiger partial charge in [0.05, 0.1) is 6.61 Å². The predicted octanol–water partition coefficient (Wildman–Crippen LogP) is 4.03. The van der Waals surface area contributed by atoms with E-state index in [1.807, 2.05) is 37.3 Å². The van der Waals surface area contributed by atoms with Gasteiger partial charge in [0.1, 0.15) is 11.6 Å². The average molecular weight is 287 g/mol. The Hall–Kier alpha value is -1.87. The molecule has 0 aliphatic carbocycles. The van der Waals surface area contributed by atoms with Gasteiger partial charge in [-0.1, -0.05) is 43.3 Å². The van der Waals surface area contributed by atoms with Gasteiger partial charge in [0.2, 0.25) is 0 Å². The Labute approximate surface area is 125 Å². The highest BCUT2D eigenvalue weighted by atomic mass is 19.1. The molecule has 0 radical (unpaired) electrons. The van der Waals surface area contributed by atoms with Crippen LogP contribution in [0.2, 0.25) is 0 Å². The fraction of sp³-hybridized carbons (Fsp3) is 0.333. The van der Waals surface area contributed by atoms with E-state index in [-0.39, 0.29) is 5.82 Å². The van der Waals surface area contributed by atoms with Crippen molar-refractivity contribution in [2.75, 3.05) is 6.61 Å². The first-order chi connectivity index (χ1) is 10.0. The number of hydrogen-bond donors (Lipinski definition) is 1. The Morgan fingerprint density at radius 2 is 1.76 bits per heavy atom. The number of benzene rings is 2. The highest BCUT2D eigenvalue weighted by Crippen LogP contribution is 2.31. The van der Waals surface area contributed by atoms with E-state index < -0.39 is 5.54 Å². The number of hydrogen-bond acceptors (Lipinski definition) is 2. The summed E-state index contributed by atoms with van der Waals surface area (Å²) in [7, 11) is 0. The van der Waals surface area contributed by atoms with E-state index in [0.717, 1.165) is 17.7 Å². The van der Waals surface area contributed by atoms with E-state index in [4.69, 9.17) is 10.5 Å². The van der Waals surface area contributed by atoms with Crippen LogP contribution in [0.1, 0.15) is 31.4 Å². The number of rotatable bonds is 6. The number of nitrogens with two attached hydrogens (primary N) is 1. The van der Waals surface area contributed by atoms with Crippen molar-refractivity contribution in [1.29, 1.82) is 0 Å². The minimum atomic E-state index is -0.688. The summed E-state index contributed by atoms with van der Waals surface area (Å²) in [4.78, 5) is 0. The second-order valence-corrected chi connectivity index (χ2v) is 5.53. The van der Waals surface area contributed by atoms with Crippen LogP contribution in [0.25, 0.3) is 0 Å². The van der Waals surface area contributed by atoms with Crippen molar-refractivity contribution in [3.05, 3.63) is 65.5 Å². The quantitative estimate of drug-likeness (QED) is 0.870. The summed E-state index contributed by atoms with van der Waals surface area (Å²) in [6.45, 7) is 4.62. The van der Waals surface area contributed by atoms with E-state index in [2.05, 4.69) is 6.92 Å². The lowest BCUT2D eigenvalue weighted by atomic mass is 9.86. The molecule has 2 N–H and O–H groups in total. The minimum Gasteiger partial charge on any atom is -0.493 e. The molecule has 2 nitrogen and oxygen atoms in total. The molecule has 2 aromatic rings. The molecule has 1 unspecified atom stereocenters. The standard InChI is InChI=1S/C18H22FNO/c1-3-12-21-17-11-7-5-9-15(17)18(2,20)13-14-8-4-6-10-16(14)19/h4-11H,3,12-13,20H2,1-2H3. The van der Waals surface area contributed by atoms with Gasteiger partial charge in [-0.05, 0) is 37.5 Å². The summed E-state index contributed by atoms with van der Waals surface area (Å²) in [5.41, 5.74) is 7.30. The number of para-hydroxylation sites is 1. The normalized spacial score (nSPS) is 13.7. The van der Waals surface area contributed by atoms with Gasteiger partial charge >= 0.3 is 0 Å². The van der Waals surface area contributed by atoms with Gasteiger partial charge in [0, 0.05) is 11.1 Å². The fourth-order valence-electron chi connectivity index (χ4n) is 2.41. The van der Waals surface area contributed by atoms with Gasteiger partial charge < -0.3 is 10.5 Å². The zero-order valence-electron chi connectivity index (χ0n) is 12.6. The SMILES string of the molecule is CCCOc1ccccc1C(C)(N)Cc1ccccc1F. The van der Waals surface area contributed by atoms with Gasteiger partial charge in [0.15, 0.2) is 0 Å². The molecule has 0 saturated carbocycles. The second-order valence-electron chi connectivity index (χ2n) is 5.53. The molecule has 0 saturated heterocycles. The van der Waals surface area contributed by atoms with Crippen molar-refractivity contribution in [3.63, 3.8) is 0 Å². The molecule has 0 heterocycles. The molecule has 21 heavy (non-hydrogen) atoms. The first-order valence-corrected chi connectivity index (χ1v) is 7.29. The Bertz CT molecular complexity index is 595. The average Bonchev–Trinajstić information content (AvgIpc) is 2.47. The summed E-state index contributed by atoms with van der Waals surface area (Å²) in [6, 6.07) is 14.5. The summed E-state index contributed by atoms with van der Waals surface area (Å²) in [6.07, 6.45) is 1.36. The van der Waals surface area contributed by atoms with E-state index in [1.54, 1.807) is 12.1 Å². The molecule has 0 aliphatic rings. The van der Waals surface area contributed by atoms with Crippen molar-refractivity contribution < 1.29 is 9.13 Å². The molecule has 112 valence electrons. The monoisotopic (exact) mass is 287 g/mol. The molecule has 0 amide bonds. The number of halogens is 1. The fourth-order valence-corrected chi connectivity index (χ4v) is 2.41. The smallest absolute Gasteiger partial charge is 0.126 e. The largest absolute Gasteiger partial charge is 0.493 e. The van der Waals surface area contributed by atoms with Gasteiger partial charge in [-0.25, -0.2) is 4.39 Å². The molecule has 2 aromatic carbocycles. The summed E-state index contributed by atoms with van der Waals surface area (Å²) >= 11 is 0. The minimum absolute atomic E-state index is 0.221. The summed E-state index contributed by atoms with van der Waals surface area (Å²) < 4.78 is 19.6. The number of ether oxygens (including phenoxy) is 1. The maximum atomic E-state index is 13.9. The third-order valence-electron chi connectivity index (χ3n) is 3.48. The van der Waals surface area contributed by atoms with Gasteiger partial charge in [-0.15, -0.1) is 0 Å². The lowest BCUT2D eigenvalue weighted by Gasteiger charge is -2.28. The van der Waals surface area contributed by atoms with Crippen molar-refractivity contribution in [2.24, 2.45) is 5.73 Å².